The fourth-order valence-corrected chi connectivity index (χ4v) is 3.95. The van der Waals surface area contributed by atoms with Gasteiger partial charge in [0, 0.05) is 30.9 Å². The number of nitrogens with one attached hydrogen (secondary N) is 2. The van der Waals surface area contributed by atoms with Crippen molar-refractivity contribution in [2.24, 2.45) is 0 Å². The van der Waals surface area contributed by atoms with E-state index in [9.17, 15) is 8.42 Å². The van der Waals surface area contributed by atoms with Crippen LogP contribution in [0.25, 0.3) is 0 Å². The Kier molecular flexibility index (Phi) is 3.51. The summed E-state index contributed by atoms with van der Waals surface area (Å²) in [4.78, 5) is 0. The fraction of sp³-hybridized carbons (Fsp3) is 0.545. The number of sulfonamides is 1. The van der Waals surface area contributed by atoms with Crippen molar-refractivity contribution < 1.29 is 8.42 Å². The van der Waals surface area contributed by atoms with E-state index in [1.54, 1.807) is 13.4 Å². The van der Waals surface area contributed by atoms with Crippen LogP contribution in [0.15, 0.2) is 11.4 Å². The molecule has 0 atom stereocenters. The van der Waals surface area contributed by atoms with Crippen molar-refractivity contribution in [2.75, 3.05) is 13.6 Å². The summed E-state index contributed by atoms with van der Waals surface area (Å²) in [7, 11) is -1.87. The SMILES string of the molecule is CNCc1c(S(=O)(=O)N2CCn3cnnc3C2)n[nH]c1C. The standard InChI is InChI=1S/C11H17N7O2S/c1-8-9(5-12-2)11(16-14-8)21(19,20)18-4-3-17-7-13-15-10(17)6-18/h7,12H,3-6H2,1-2H3,(H,14,16). The smallest absolute Gasteiger partial charge is 0.263 e. The van der Waals surface area contributed by atoms with Crippen molar-refractivity contribution in [2.45, 2.75) is 31.6 Å². The minimum absolute atomic E-state index is 0.0855. The van der Waals surface area contributed by atoms with Gasteiger partial charge in [-0.15, -0.1) is 10.2 Å². The van der Waals surface area contributed by atoms with E-state index < -0.39 is 10.0 Å². The van der Waals surface area contributed by atoms with Crippen LogP contribution in [-0.4, -0.2) is 51.3 Å². The molecular formula is C11H17N7O2S. The number of hydrogen-bond acceptors (Lipinski definition) is 6. The van der Waals surface area contributed by atoms with Crippen LogP contribution >= 0.6 is 0 Å². The van der Waals surface area contributed by atoms with Crippen molar-refractivity contribution in [1.82, 2.24) is 34.6 Å². The van der Waals surface area contributed by atoms with Crippen LogP contribution in [0.3, 0.4) is 0 Å². The number of aromatic nitrogens is 5. The van der Waals surface area contributed by atoms with E-state index in [4.69, 9.17) is 0 Å². The van der Waals surface area contributed by atoms with Gasteiger partial charge >= 0.3 is 0 Å². The van der Waals surface area contributed by atoms with Crippen LogP contribution in [0.4, 0.5) is 0 Å². The van der Waals surface area contributed by atoms with Crippen molar-refractivity contribution in [3.8, 4) is 0 Å². The van der Waals surface area contributed by atoms with Crippen LogP contribution in [0.5, 0.6) is 0 Å². The van der Waals surface area contributed by atoms with E-state index in [-0.39, 0.29) is 11.6 Å². The van der Waals surface area contributed by atoms with E-state index in [1.807, 2.05) is 11.5 Å². The predicted octanol–water partition coefficient (Wildman–Crippen LogP) is -0.766. The third-order valence-electron chi connectivity index (χ3n) is 3.58. The Labute approximate surface area is 122 Å². The molecule has 0 spiro atoms. The monoisotopic (exact) mass is 311 g/mol. The number of nitrogens with zero attached hydrogens (tertiary/aromatic N) is 5. The molecule has 0 unspecified atom stereocenters. The van der Waals surface area contributed by atoms with Gasteiger partial charge in [-0.25, -0.2) is 8.42 Å². The zero-order valence-electron chi connectivity index (χ0n) is 11.9. The predicted molar refractivity (Wildman–Crippen MR) is 73.7 cm³/mol. The lowest BCUT2D eigenvalue weighted by Crippen LogP contribution is -2.38. The van der Waals surface area contributed by atoms with Crippen LogP contribution in [-0.2, 0) is 29.7 Å². The molecule has 0 aliphatic carbocycles. The summed E-state index contributed by atoms with van der Waals surface area (Å²) in [5.74, 6) is 0.646. The van der Waals surface area contributed by atoms with Crippen LogP contribution in [0.2, 0.25) is 0 Å². The first-order valence-electron chi connectivity index (χ1n) is 6.59. The average molecular weight is 311 g/mol. The molecule has 21 heavy (non-hydrogen) atoms. The van der Waals surface area contributed by atoms with E-state index in [0.29, 0.717) is 31.0 Å². The molecule has 114 valence electrons. The molecule has 0 bridgehead atoms. The summed E-state index contributed by atoms with van der Waals surface area (Å²) >= 11 is 0. The van der Waals surface area contributed by atoms with E-state index in [2.05, 4.69) is 25.7 Å². The van der Waals surface area contributed by atoms with Crippen molar-refractivity contribution in [1.29, 1.82) is 0 Å². The minimum Gasteiger partial charge on any atom is -0.316 e. The van der Waals surface area contributed by atoms with Gasteiger partial charge in [-0.3, -0.25) is 5.10 Å². The normalized spacial score (nSPS) is 16.1. The van der Waals surface area contributed by atoms with Gasteiger partial charge in [-0.1, -0.05) is 0 Å². The Bertz CT molecular complexity index is 748. The Morgan fingerprint density at radius 1 is 1.43 bits per heavy atom. The van der Waals surface area contributed by atoms with Gasteiger partial charge in [0.25, 0.3) is 10.0 Å². The maximum absolute atomic E-state index is 12.8. The highest BCUT2D eigenvalue weighted by atomic mass is 32.2. The molecule has 3 rings (SSSR count). The number of H-pyrrole nitrogens is 1. The van der Waals surface area contributed by atoms with Gasteiger partial charge in [-0.2, -0.15) is 9.40 Å². The molecule has 0 amide bonds. The summed E-state index contributed by atoms with van der Waals surface area (Å²) in [5.41, 5.74) is 1.42. The first-order valence-corrected chi connectivity index (χ1v) is 8.03. The Morgan fingerprint density at radius 2 is 2.24 bits per heavy atom. The highest BCUT2D eigenvalue weighted by Crippen LogP contribution is 2.23. The second-order valence-corrected chi connectivity index (χ2v) is 6.80. The highest BCUT2D eigenvalue weighted by Gasteiger charge is 2.33. The molecule has 10 heteroatoms. The summed E-state index contributed by atoms with van der Waals surface area (Å²) in [6, 6.07) is 0. The average Bonchev–Trinajstić information content (AvgIpc) is 3.06. The Hall–Kier alpha value is -1.78. The molecule has 0 fully saturated rings. The zero-order valence-corrected chi connectivity index (χ0v) is 12.7. The van der Waals surface area contributed by atoms with Crippen LogP contribution in [0.1, 0.15) is 17.1 Å². The summed E-state index contributed by atoms with van der Waals surface area (Å²) in [6.45, 7) is 3.41. The lowest BCUT2D eigenvalue weighted by Gasteiger charge is -2.25. The first kappa shape index (κ1) is 14.2. The fourth-order valence-electron chi connectivity index (χ4n) is 2.40. The van der Waals surface area contributed by atoms with Gasteiger partial charge in [0.1, 0.15) is 12.2 Å². The molecule has 1 aliphatic rings. The molecule has 9 nitrogen and oxygen atoms in total. The molecule has 0 aromatic carbocycles. The maximum Gasteiger partial charge on any atom is 0.263 e. The van der Waals surface area contributed by atoms with Gasteiger partial charge in [-0.05, 0) is 14.0 Å². The zero-order chi connectivity index (χ0) is 15.0. The second-order valence-electron chi connectivity index (χ2n) is 4.94. The molecule has 2 N–H and O–H groups in total. The molecule has 0 radical (unpaired) electrons. The molecular weight excluding hydrogens is 294 g/mol. The lowest BCUT2D eigenvalue weighted by molar-refractivity contribution is 0.334. The largest absolute Gasteiger partial charge is 0.316 e. The molecule has 0 saturated heterocycles. The lowest BCUT2D eigenvalue weighted by atomic mass is 10.3. The number of fused-ring (bicyclic) bond motifs is 1. The third-order valence-corrected chi connectivity index (χ3v) is 5.40. The second kappa shape index (κ2) is 5.20. The van der Waals surface area contributed by atoms with Crippen LogP contribution in [0, 0.1) is 6.92 Å². The molecule has 3 heterocycles. The van der Waals surface area contributed by atoms with Crippen molar-refractivity contribution in [3.05, 3.63) is 23.4 Å². The summed E-state index contributed by atoms with van der Waals surface area (Å²) < 4.78 is 28.8. The third kappa shape index (κ3) is 2.34. The number of aromatic amines is 1. The minimum atomic E-state index is -3.64. The van der Waals surface area contributed by atoms with Gasteiger partial charge < -0.3 is 9.88 Å². The Morgan fingerprint density at radius 3 is 3.00 bits per heavy atom. The van der Waals surface area contributed by atoms with E-state index in [1.165, 1.54) is 4.31 Å². The van der Waals surface area contributed by atoms with Gasteiger partial charge in [0.05, 0.1) is 6.54 Å². The highest BCUT2D eigenvalue weighted by molar-refractivity contribution is 7.89. The molecule has 2 aromatic rings. The van der Waals surface area contributed by atoms with Crippen molar-refractivity contribution >= 4 is 10.0 Å². The quantitative estimate of drug-likeness (QED) is 0.768. The number of rotatable bonds is 4. The van der Waals surface area contributed by atoms with E-state index in [0.717, 1.165) is 5.69 Å². The van der Waals surface area contributed by atoms with Gasteiger partial charge in [0.2, 0.25) is 0 Å². The molecule has 2 aromatic heterocycles. The maximum atomic E-state index is 12.8. The first-order chi connectivity index (χ1) is 10.0. The summed E-state index contributed by atoms with van der Waals surface area (Å²) in [5, 5.41) is 17.5. The Balaban J connectivity index is 1.95. The molecule has 1 aliphatic heterocycles. The summed E-state index contributed by atoms with van der Waals surface area (Å²) in [6.07, 6.45) is 1.62. The topological polar surface area (TPSA) is 109 Å². The number of hydrogen-bond donors (Lipinski definition) is 2. The van der Waals surface area contributed by atoms with Crippen LogP contribution < -0.4 is 5.32 Å². The van der Waals surface area contributed by atoms with Gasteiger partial charge in [0.15, 0.2) is 5.03 Å². The van der Waals surface area contributed by atoms with Crippen molar-refractivity contribution in [3.63, 3.8) is 0 Å². The number of aryl methyl sites for hydroxylation is 1. The van der Waals surface area contributed by atoms with E-state index >= 15 is 0 Å². The molecule has 0 saturated carbocycles.